The van der Waals surface area contributed by atoms with Crippen molar-refractivity contribution < 1.29 is 28.6 Å². The maximum absolute atomic E-state index is 12.7. The standard InChI is InChI=1S/C57H96O6/c1-4-7-10-13-16-19-22-25-26-27-28-29-30-33-35-38-41-44-47-50-56(59)62-53-54(63-57(60)51-48-45-42-39-36-32-24-21-18-15-12-9-6-3)52-61-55(58)49-46-43-40-37-34-31-23-20-17-14-11-8-5-2/h7,10,16,19,25-26,31-32,34,36,40,42-43,45,54H,4-6,8-9,11-15,17-18,20-24,27-30,33,35,37-39,41,44,46-53H2,1-3H3/b10-7-,19-16-,26-25-,34-31-,36-32-,43-40-,45-42-. The minimum atomic E-state index is -0.831. The fraction of sp³-hybridized carbons (Fsp3) is 0.702. The predicted molar refractivity (Wildman–Crippen MR) is 270 cm³/mol. The van der Waals surface area contributed by atoms with Crippen LogP contribution < -0.4 is 0 Å². The molecule has 0 amide bonds. The number of carbonyl (C=O) groups is 3. The third-order valence-corrected chi connectivity index (χ3v) is 10.9. The van der Waals surface area contributed by atoms with E-state index in [9.17, 15) is 14.4 Å². The smallest absolute Gasteiger partial charge is 0.306 e. The molecule has 1 atom stereocenters. The highest BCUT2D eigenvalue weighted by Gasteiger charge is 2.19. The van der Waals surface area contributed by atoms with Gasteiger partial charge in [-0.3, -0.25) is 14.4 Å². The molecule has 0 aliphatic carbocycles. The zero-order valence-corrected chi connectivity index (χ0v) is 41.1. The molecule has 0 saturated heterocycles. The Morgan fingerprint density at radius 1 is 0.333 bits per heavy atom. The molecular formula is C57H96O6. The Bertz CT molecular complexity index is 1240. The molecule has 0 rings (SSSR count). The van der Waals surface area contributed by atoms with E-state index >= 15 is 0 Å². The van der Waals surface area contributed by atoms with E-state index < -0.39 is 12.1 Å². The topological polar surface area (TPSA) is 78.9 Å². The lowest BCUT2D eigenvalue weighted by Crippen LogP contribution is -2.30. The molecule has 0 aliphatic heterocycles. The summed E-state index contributed by atoms with van der Waals surface area (Å²) in [5.74, 6) is -1.06. The van der Waals surface area contributed by atoms with Gasteiger partial charge in [0, 0.05) is 19.3 Å². The van der Waals surface area contributed by atoms with Crippen molar-refractivity contribution in [2.45, 2.75) is 245 Å². The first-order valence-corrected chi connectivity index (χ1v) is 26.1. The summed E-state index contributed by atoms with van der Waals surface area (Å²) in [7, 11) is 0. The zero-order valence-electron chi connectivity index (χ0n) is 41.1. The fourth-order valence-electron chi connectivity index (χ4n) is 6.97. The summed E-state index contributed by atoms with van der Waals surface area (Å²) in [6, 6.07) is 0. The van der Waals surface area contributed by atoms with E-state index in [0.717, 1.165) is 64.2 Å². The molecule has 0 fully saturated rings. The lowest BCUT2D eigenvalue weighted by Gasteiger charge is -2.18. The second-order valence-corrected chi connectivity index (χ2v) is 17.0. The molecule has 0 radical (unpaired) electrons. The van der Waals surface area contributed by atoms with E-state index in [1.807, 2.05) is 12.2 Å². The minimum Gasteiger partial charge on any atom is -0.462 e. The first-order valence-electron chi connectivity index (χ1n) is 26.1. The van der Waals surface area contributed by atoms with Gasteiger partial charge in [0.2, 0.25) is 0 Å². The van der Waals surface area contributed by atoms with Crippen molar-refractivity contribution in [1.82, 2.24) is 0 Å². The molecular weight excluding hydrogens is 781 g/mol. The third kappa shape index (κ3) is 49.5. The Kier molecular flexibility index (Phi) is 48.5. The van der Waals surface area contributed by atoms with Crippen molar-refractivity contribution in [3.8, 4) is 0 Å². The highest BCUT2D eigenvalue weighted by molar-refractivity contribution is 5.71. The number of hydrogen-bond donors (Lipinski definition) is 0. The molecule has 0 aromatic rings. The number of carbonyl (C=O) groups excluding carboxylic acids is 3. The van der Waals surface area contributed by atoms with Crippen molar-refractivity contribution >= 4 is 17.9 Å². The van der Waals surface area contributed by atoms with Crippen LogP contribution in [0, 0.1) is 0 Å². The Hall–Kier alpha value is -3.41. The van der Waals surface area contributed by atoms with Crippen LogP contribution in [-0.2, 0) is 28.6 Å². The average molecular weight is 877 g/mol. The Labute approximate surface area is 388 Å². The maximum Gasteiger partial charge on any atom is 0.306 e. The molecule has 0 aromatic heterocycles. The summed E-state index contributed by atoms with van der Waals surface area (Å²) in [4.78, 5) is 37.9. The quantitative estimate of drug-likeness (QED) is 0.0262. The lowest BCUT2D eigenvalue weighted by atomic mass is 10.1. The van der Waals surface area contributed by atoms with Crippen LogP contribution in [0.5, 0.6) is 0 Å². The van der Waals surface area contributed by atoms with Crippen LogP contribution in [0.25, 0.3) is 0 Å². The first kappa shape index (κ1) is 59.6. The first-order chi connectivity index (χ1) is 31.0. The summed E-state index contributed by atoms with van der Waals surface area (Å²) in [5, 5.41) is 0. The average Bonchev–Trinajstić information content (AvgIpc) is 3.28. The Morgan fingerprint density at radius 3 is 1.06 bits per heavy atom. The molecule has 0 spiro atoms. The van der Waals surface area contributed by atoms with Gasteiger partial charge in [0.1, 0.15) is 13.2 Å². The van der Waals surface area contributed by atoms with Crippen LogP contribution in [0.15, 0.2) is 85.1 Å². The second-order valence-electron chi connectivity index (χ2n) is 17.0. The summed E-state index contributed by atoms with van der Waals surface area (Å²) < 4.78 is 16.7. The molecule has 1 unspecified atom stereocenters. The van der Waals surface area contributed by atoms with Crippen LogP contribution in [0.4, 0.5) is 0 Å². The lowest BCUT2D eigenvalue weighted by molar-refractivity contribution is -0.166. The van der Waals surface area contributed by atoms with Crippen molar-refractivity contribution in [3.05, 3.63) is 85.1 Å². The van der Waals surface area contributed by atoms with Gasteiger partial charge in [-0.25, -0.2) is 0 Å². The number of hydrogen-bond acceptors (Lipinski definition) is 6. The van der Waals surface area contributed by atoms with E-state index in [4.69, 9.17) is 14.2 Å². The number of ether oxygens (including phenoxy) is 3. The van der Waals surface area contributed by atoms with Crippen LogP contribution in [0.1, 0.15) is 239 Å². The molecule has 0 heterocycles. The van der Waals surface area contributed by atoms with E-state index in [2.05, 4.69) is 93.7 Å². The summed E-state index contributed by atoms with van der Waals surface area (Å²) in [5.41, 5.74) is 0. The van der Waals surface area contributed by atoms with E-state index in [0.29, 0.717) is 19.3 Å². The molecule has 0 bridgehead atoms. The molecule has 0 N–H and O–H groups in total. The number of allylic oxidation sites excluding steroid dienone is 14. The van der Waals surface area contributed by atoms with E-state index in [-0.39, 0.29) is 38.0 Å². The van der Waals surface area contributed by atoms with Crippen LogP contribution >= 0.6 is 0 Å². The molecule has 0 aliphatic rings. The van der Waals surface area contributed by atoms with Gasteiger partial charge in [-0.2, -0.15) is 0 Å². The predicted octanol–water partition coefficient (Wildman–Crippen LogP) is 17.2. The molecule has 0 saturated carbocycles. The second kappa shape index (κ2) is 51.2. The van der Waals surface area contributed by atoms with Gasteiger partial charge in [-0.05, 0) is 89.9 Å². The summed E-state index contributed by atoms with van der Waals surface area (Å²) in [6.07, 6.45) is 65.9. The SMILES string of the molecule is CC/C=C\C/C=C\C/C=C\CCCCCCCCCCCC(=O)OCC(COC(=O)CC/C=C\C/C=C\CCCCCCCC)OC(=O)CC/C=C\C/C=C\CCCCCCCC. The van der Waals surface area contributed by atoms with Gasteiger partial charge in [0.05, 0.1) is 0 Å². The van der Waals surface area contributed by atoms with Gasteiger partial charge in [-0.15, -0.1) is 0 Å². The van der Waals surface area contributed by atoms with Gasteiger partial charge in [0.15, 0.2) is 6.10 Å². The fourth-order valence-corrected chi connectivity index (χ4v) is 6.97. The Balaban J connectivity index is 4.47. The van der Waals surface area contributed by atoms with Crippen LogP contribution in [0.2, 0.25) is 0 Å². The highest BCUT2D eigenvalue weighted by Crippen LogP contribution is 2.13. The maximum atomic E-state index is 12.7. The normalized spacial score (nSPS) is 12.7. The molecule has 63 heavy (non-hydrogen) atoms. The van der Waals surface area contributed by atoms with Crippen molar-refractivity contribution in [2.24, 2.45) is 0 Å². The van der Waals surface area contributed by atoms with Gasteiger partial charge < -0.3 is 14.2 Å². The van der Waals surface area contributed by atoms with Crippen LogP contribution in [-0.4, -0.2) is 37.2 Å². The Morgan fingerprint density at radius 2 is 0.651 bits per heavy atom. The van der Waals surface area contributed by atoms with Crippen molar-refractivity contribution in [3.63, 3.8) is 0 Å². The number of esters is 3. The summed E-state index contributed by atoms with van der Waals surface area (Å²) >= 11 is 0. The number of unbranched alkanes of at least 4 members (excludes halogenated alkanes) is 21. The molecule has 0 aromatic carbocycles. The molecule has 360 valence electrons. The van der Waals surface area contributed by atoms with Crippen molar-refractivity contribution in [1.29, 1.82) is 0 Å². The summed E-state index contributed by atoms with van der Waals surface area (Å²) in [6.45, 7) is 6.40. The van der Waals surface area contributed by atoms with E-state index in [1.165, 1.54) is 122 Å². The highest BCUT2D eigenvalue weighted by atomic mass is 16.6. The van der Waals surface area contributed by atoms with E-state index in [1.54, 1.807) is 0 Å². The van der Waals surface area contributed by atoms with Crippen LogP contribution in [0.3, 0.4) is 0 Å². The largest absolute Gasteiger partial charge is 0.462 e. The van der Waals surface area contributed by atoms with Gasteiger partial charge in [0.25, 0.3) is 0 Å². The zero-order chi connectivity index (χ0) is 45.8. The number of rotatable bonds is 46. The third-order valence-electron chi connectivity index (χ3n) is 10.9. The molecule has 6 heteroatoms. The van der Waals surface area contributed by atoms with Crippen molar-refractivity contribution in [2.75, 3.05) is 13.2 Å². The monoisotopic (exact) mass is 877 g/mol. The van der Waals surface area contributed by atoms with Gasteiger partial charge in [-0.1, -0.05) is 215 Å². The van der Waals surface area contributed by atoms with Gasteiger partial charge >= 0.3 is 17.9 Å². The molecule has 6 nitrogen and oxygen atoms in total. The minimum absolute atomic E-state index is 0.119.